The normalized spacial score (nSPS) is 19.3. The van der Waals surface area contributed by atoms with Gasteiger partial charge in [-0.05, 0) is 26.8 Å². The summed E-state index contributed by atoms with van der Waals surface area (Å²) < 4.78 is 0. The third-order valence-electron chi connectivity index (χ3n) is 4.02. The zero-order valence-corrected chi connectivity index (χ0v) is 11.3. The number of hydrogen-bond donors (Lipinski definition) is 2. The molecule has 0 aromatic rings. The molecule has 3 N–H and O–H groups in total. The lowest BCUT2D eigenvalue weighted by molar-refractivity contribution is -0.121. The lowest BCUT2D eigenvalue weighted by Crippen LogP contribution is -2.53. The minimum absolute atomic E-state index is 0.141. The van der Waals surface area contributed by atoms with Gasteiger partial charge in [0.15, 0.2) is 0 Å². The van der Waals surface area contributed by atoms with Gasteiger partial charge >= 0.3 is 0 Å². The molecule has 0 bridgehead atoms. The monoisotopic (exact) mass is 241 g/mol. The molecule has 1 saturated carbocycles. The molecule has 0 saturated heterocycles. The Balaban J connectivity index is 2.43. The van der Waals surface area contributed by atoms with Crippen LogP contribution >= 0.6 is 0 Å². The van der Waals surface area contributed by atoms with Crippen molar-refractivity contribution in [3.8, 4) is 0 Å². The van der Waals surface area contributed by atoms with Crippen LogP contribution in [0, 0.1) is 0 Å². The maximum Gasteiger partial charge on any atom is 0.221 e. The lowest BCUT2D eigenvalue weighted by atomic mass is 9.80. The molecule has 0 heterocycles. The zero-order chi connectivity index (χ0) is 12.7. The van der Waals surface area contributed by atoms with Crippen LogP contribution in [-0.2, 0) is 4.79 Å². The average molecular weight is 241 g/mol. The van der Waals surface area contributed by atoms with Crippen molar-refractivity contribution in [1.29, 1.82) is 0 Å². The molecule has 0 radical (unpaired) electrons. The number of rotatable bonds is 6. The summed E-state index contributed by atoms with van der Waals surface area (Å²) in [5, 5.41) is 2.84. The highest BCUT2D eigenvalue weighted by molar-refractivity contribution is 5.75. The minimum Gasteiger partial charge on any atom is -0.356 e. The van der Waals surface area contributed by atoms with Gasteiger partial charge in [-0.15, -0.1) is 0 Å². The van der Waals surface area contributed by atoms with Crippen LogP contribution in [0.1, 0.15) is 45.4 Å². The van der Waals surface area contributed by atoms with E-state index in [1.807, 2.05) is 6.92 Å². The number of carbonyl (C=O) groups excluding carboxylic acids is 1. The van der Waals surface area contributed by atoms with Crippen LogP contribution in [0.15, 0.2) is 0 Å². The van der Waals surface area contributed by atoms with E-state index in [0.717, 1.165) is 6.54 Å². The van der Waals surface area contributed by atoms with Gasteiger partial charge in [-0.2, -0.15) is 0 Å². The van der Waals surface area contributed by atoms with Gasteiger partial charge in [0.05, 0.1) is 0 Å². The van der Waals surface area contributed by atoms with Crippen molar-refractivity contribution in [2.45, 2.75) is 51.0 Å². The van der Waals surface area contributed by atoms with Crippen LogP contribution in [0.5, 0.6) is 0 Å². The Morgan fingerprint density at radius 2 is 2.00 bits per heavy atom. The molecule has 0 aromatic heterocycles. The Morgan fingerprint density at radius 1 is 1.35 bits per heavy atom. The Morgan fingerprint density at radius 3 is 2.53 bits per heavy atom. The fourth-order valence-corrected chi connectivity index (χ4v) is 2.74. The van der Waals surface area contributed by atoms with E-state index in [2.05, 4.69) is 17.3 Å². The molecular weight excluding hydrogens is 214 g/mol. The highest BCUT2D eigenvalue weighted by Crippen LogP contribution is 2.31. The van der Waals surface area contributed by atoms with Crippen molar-refractivity contribution in [2.75, 3.05) is 26.7 Å². The Kier molecular flexibility index (Phi) is 5.92. The Hall–Kier alpha value is -0.610. The summed E-state index contributed by atoms with van der Waals surface area (Å²) in [5.74, 6) is 0.141. The molecule has 1 fully saturated rings. The summed E-state index contributed by atoms with van der Waals surface area (Å²) in [4.78, 5) is 13.8. The van der Waals surface area contributed by atoms with Gasteiger partial charge in [0.1, 0.15) is 0 Å². The highest BCUT2D eigenvalue weighted by atomic mass is 16.1. The van der Waals surface area contributed by atoms with E-state index in [1.165, 1.54) is 32.1 Å². The molecule has 1 amide bonds. The van der Waals surface area contributed by atoms with Gasteiger partial charge in [0.25, 0.3) is 0 Å². The number of nitrogens with one attached hydrogen (secondary N) is 1. The third kappa shape index (κ3) is 3.96. The molecule has 17 heavy (non-hydrogen) atoms. The fraction of sp³-hybridized carbons (Fsp3) is 0.923. The molecule has 0 spiro atoms. The fourth-order valence-electron chi connectivity index (χ4n) is 2.74. The molecule has 0 aliphatic heterocycles. The standard InChI is InChI=1S/C13H27N3O/c1-3-15-12(17)7-10-16(2)13(11-14)8-5-4-6-9-13/h3-11,14H2,1-2H3,(H,15,17). The summed E-state index contributed by atoms with van der Waals surface area (Å²) in [7, 11) is 2.11. The smallest absolute Gasteiger partial charge is 0.221 e. The summed E-state index contributed by atoms with van der Waals surface area (Å²) in [6.45, 7) is 4.18. The second kappa shape index (κ2) is 6.97. The van der Waals surface area contributed by atoms with E-state index in [1.54, 1.807) is 0 Å². The van der Waals surface area contributed by atoms with Crippen molar-refractivity contribution in [3.63, 3.8) is 0 Å². The topological polar surface area (TPSA) is 58.4 Å². The molecule has 1 rings (SSSR count). The van der Waals surface area contributed by atoms with Gasteiger partial charge in [-0.25, -0.2) is 0 Å². The van der Waals surface area contributed by atoms with E-state index in [-0.39, 0.29) is 11.4 Å². The first-order chi connectivity index (χ1) is 8.14. The van der Waals surface area contributed by atoms with E-state index < -0.39 is 0 Å². The number of likely N-dealkylation sites (N-methyl/N-ethyl adjacent to an activating group) is 1. The van der Waals surface area contributed by atoms with Crippen molar-refractivity contribution in [2.24, 2.45) is 5.73 Å². The first-order valence-electron chi connectivity index (χ1n) is 6.82. The van der Waals surface area contributed by atoms with Crippen molar-refractivity contribution < 1.29 is 4.79 Å². The molecule has 0 aromatic carbocycles. The summed E-state index contributed by atoms with van der Waals surface area (Å²) in [6.07, 6.45) is 6.79. The van der Waals surface area contributed by atoms with Crippen LogP contribution in [0.4, 0.5) is 0 Å². The first kappa shape index (κ1) is 14.5. The second-order valence-corrected chi connectivity index (χ2v) is 5.11. The third-order valence-corrected chi connectivity index (χ3v) is 4.02. The number of nitrogens with two attached hydrogens (primary N) is 1. The van der Waals surface area contributed by atoms with Gasteiger partial charge < -0.3 is 11.1 Å². The molecule has 0 atom stereocenters. The van der Waals surface area contributed by atoms with Crippen molar-refractivity contribution >= 4 is 5.91 Å². The second-order valence-electron chi connectivity index (χ2n) is 5.11. The van der Waals surface area contributed by atoms with E-state index in [4.69, 9.17) is 5.73 Å². The largest absolute Gasteiger partial charge is 0.356 e. The number of amides is 1. The zero-order valence-electron chi connectivity index (χ0n) is 11.3. The summed E-state index contributed by atoms with van der Waals surface area (Å²) >= 11 is 0. The van der Waals surface area contributed by atoms with Gasteiger partial charge in [0, 0.05) is 31.6 Å². The van der Waals surface area contributed by atoms with Gasteiger partial charge in [-0.3, -0.25) is 9.69 Å². The van der Waals surface area contributed by atoms with Gasteiger partial charge in [0.2, 0.25) is 5.91 Å². The predicted octanol–water partition coefficient (Wildman–Crippen LogP) is 1.11. The molecule has 1 aliphatic carbocycles. The number of carbonyl (C=O) groups is 1. The quantitative estimate of drug-likeness (QED) is 0.732. The van der Waals surface area contributed by atoms with E-state index in [0.29, 0.717) is 19.5 Å². The van der Waals surface area contributed by atoms with E-state index in [9.17, 15) is 4.79 Å². The average Bonchev–Trinajstić information content (AvgIpc) is 2.37. The van der Waals surface area contributed by atoms with Crippen molar-refractivity contribution in [3.05, 3.63) is 0 Å². The Labute approximate surface area is 105 Å². The molecule has 100 valence electrons. The lowest BCUT2D eigenvalue weighted by Gasteiger charge is -2.44. The molecule has 4 heteroatoms. The molecule has 1 aliphatic rings. The van der Waals surface area contributed by atoms with Crippen LogP contribution < -0.4 is 11.1 Å². The van der Waals surface area contributed by atoms with Crippen LogP contribution in [0.25, 0.3) is 0 Å². The predicted molar refractivity (Wildman–Crippen MR) is 70.8 cm³/mol. The maximum atomic E-state index is 11.5. The molecular formula is C13H27N3O. The minimum atomic E-state index is 0.141. The van der Waals surface area contributed by atoms with Crippen LogP contribution in [0.3, 0.4) is 0 Å². The summed E-state index contributed by atoms with van der Waals surface area (Å²) in [6, 6.07) is 0. The first-order valence-corrected chi connectivity index (χ1v) is 6.82. The van der Waals surface area contributed by atoms with E-state index >= 15 is 0 Å². The number of nitrogens with zero attached hydrogens (tertiary/aromatic N) is 1. The Bertz CT molecular complexity index is 237. The van der Waals surface area contributed by atoms with Crippen LogP contribution in [0.2, 0.25) is 0 Å². The molecule has 4 nitrogen and oxygen atoms in total. The summed E-state index contributed by atoms with van der Waals surface area (Å²) in [5.41, 5.74) is 6.11. The number of hydrogen-bond acceptors (Lipinski definition) is 3. The molecule has 0 unspecified atom stereocenters. The maximum absolute atomic E-state index is 11.5. The highest BCUT2D eigenvalue weighted by Gasteiger charge is 2.34. The SMILES string of the molecule is CCNC(=O)CCN(C)C1(CN)CCCCC1. The van der Waals surface area contributed by atoms with Crippen LogP contribution in [-0.4, -0.2) is 43.0 Å². The van der Waals surface area contributed by atoms with Crippen molar-refractivity contribution in [1.82, 2.24) is 10.2 Å². The van der Waals surface area contributed by atoms with Gasteiger partial charge in [-0.1, -0.05) is 19.3 Å².